The SMILES string of the molecule is COc1ccc(OC)c(CCC(=O)N2CCCC2CN)c1.Cl. The summed E-state index contributed by atoms with van der Waals surface area (Å²) >= 11 is 0. The molecular formula is C16H25ClN2O3. The summed E-state index contributed by atoms with van der Waals surface area (Å²) in [5.41, 5.74) is 6.72. The van der Waals surface area contributed by atoms with E-state index in [4.69, 9.17) is 15.2 Å². The quantitative estimate of drug-likeness (QED) is 0.867. The third-order valence-corrected chi connectivity index (χ3v) is 4.07. The van der Waals surface area contributed by atoms with E-state index in [2.05, 4.69) is 0 Å². The van der Waals surface area contributed by atoms with E-state index in [0.717, 1.165) is 36.4 Å². The normalized spacial score (nSPS) is 17.0. The van der Waals surface area contributed by atoms with E-state index in [-0.39, 0.29) is 24.4 Å². The van der Waals surface area contributed by atoms with Gasteiger partial charge in [-0.3, -0.25) is 4.79 Å². The monoisotopic (exact) mass is 328 g/mol. The molecule has 0 aliphatic carbocycles. The Morgan fingerprint density at radius 1 is 1.36 bits per heavy atom. The van der Waals surface area contributed by atoms with E-state index in [9.17, 15) is 4.79 Å². The van der Waals surface area contributed by atoms with Crippen molar-refractivity contribution in [3.63, 3.8) is 0 Å². The lowest BCUT2D eigenvalue weighted by Gasteiger charge is -2.23. The first-order valence-electron chi connectivity index (χ1n) is 7.40. The Labute approximate surface area is 138 Å². The van der Waals surface area contributed by atoms with Gasteiger partial charge in [0.15, 0.2) is 0 Å². The van der Waals surface area contributed by atoms with Crippen LogP contribution in [0, 0.1) is 0 Å². The van der Waals surface area contributed by atoms with Crippen LogP contribution in [-0.2, 0) is 11.2 Å². The molecule has 0 aromatic heterocycles. The molecule has 2 rings (SSSR count). The third-order valence-electron chi connectivity index (χ3n) is 4.07. The molecule has 1 saturated heterocycles. The molecule has 124 valence electrons. The van der Waals surface area contributed by atoms with Crippen molar-refractivity contribution >= 4 is 18.3 Å². The lowest BCUT2D eigenvalue weighted by molar-refractivity contribution is -0.131. The number of nitrogens with two attached hydrogens (primary N) is 1. The predicted molar refractivity (Wildman–Crippen MR) is 88.9 cm³/mol. The van der Waals surface area contributed by atoms with Gasteiger partial charge in [-0.15, -0.1) is 12.4 Å². The number of rotatable bonds is 6. The molecule has 1 fully saturated rings. The Balaban J connectivity index is 0.00000242. The van der Waals surface area contributed by atoms with Crippen LogP contribution in [0.2, 0.25) is 0 Å². The molecule has 6 heteroatoms. The van der Waals surface area contributed by atoms with Crippen molar-refractivity contribution in [1.82, 2.24) is 4.90 Å². The average molecular weight is 329 g/mol. The summed E-state index contributed by atoms with van der Waals surface area (Å²) in [6, 6.07) is 5.87. The number of hydrogen-bond donors (Lipinski definition) is 1. The highest BCUT2D eigenvalue weighted by molar-refractivity contribution is 5.85. The summed E-state index contributed by atoms with van der Waals surface area (Å²) in [5.74, 6) is 1.74. The number of halogens is 1. The maximum atomic E-state index is 12.3. The van der Waals surface area contributed by atoms with Crippen molar-refractivity contribution in [2.75, 3.05) is 27.3 Å². The molecule has 2 N–H and O–H groups in total. The third kappa shape index (κ3) is 4.27. The lowest BCUT2D eigenvalue weighted by atomic mass is 10.1. The number of carbonyl (C=O) groups excluding carboxylic acids is 1. The van der Waals surface area contributed by atoms with Crippen molar-refractivity contribution in [3.8, 4) is 11.5 Å². The number of hydrogen-bond acceptors (Lipinski definition) is 4. The number of benzene rings is 1. The van der Waals surface area contributed by atoms with Crippen LogP contribution >= 0.6 is 12.4 Å². The molecular weight excluding hydrogens is 304 g/mol. The summed E-state index contributed by atoms with van der Waals surface area (Å²) in [6.07, 6.45) is 3.19. The highest BCUT2D eigenvalue weighted by atomic mass is 35.5. The van der Waals surface area contributed by atoms with Gasteiger partial charge in [0.05, 0.1) is 14.2 Å². The molecule has 1 unspecified atom stereocenters. The topological polar surface area (TPSA) is 64.8 Å². The van der Waals surface area contributed by atoms with Gasteiger partial charge >= 0.3 is 0 Å². The summed E-state index contributed by atoms with van der Waals surface area (Å²) in [7, 11) is 3.27. The Bertz CT molecular complexity index is 496. The molecule has 0 spiro atoms. The van der Waals surface area contributed by atoms with Gasteiger partial charge in [0.25, 0.3) is 0 Å². The van der Waals surface area contributed by atoms with Crippen molar-refractivity contribution in [1.29, 1.82) is 0 Å². The van der Waals surface area contributed by atoms with E-state index in [0.29, 0.717) is 19.4 Å². The first-order valence-corrected chi connectivity index (χ1v) is 7.40. The first-order chi connectivity index (χ1) is 10.2. The van der Waals surface area contributed by atoms with Gasteiger partial charge in [-0.2, -0.15) is 0 Å². The minimum absolute atomic E-state index is 0. The highest BCUT2D eigenvalue weighted by Crippen LogP contribution is 2.26. The Morgan fingerprint density at radius 2 is 2.14 bits per heavy atom. The average Bonchev–Trinajstić information content (AvgIpc) is 3.00. The lowest BCUT2D eigenvalue weighted by Crippen LogP contribution is -2.40. The smallest absolute Gasteiger partial charge is 0.223 e. The molecule has 5 nitrogen and oxygen atoms in total. The van der Waals surface area contributed by atoms with Crippen LogP contribution in [0.3, 0.4) is 0 Å². The second-order valence-corrected chi connectivity index (χ2v) is 5.30. The molecule has 0 saturated carbocycles. The van der Waals surface area contributed by atoms with Crippen molar-refractivity contribution in [3.05, 3.63) is 23.8 Å². The van der Waals surface area contributed by atoms with Gasteiger partial charge in [-0.25, -0.2) is 0 Å². The largest absolute Gasteiger partial charge is 0.497 e. The van der Waals surface area contributed by atoms with Crippen LogP contribution in [0.15, 0.2) is 18.2 Å². The zero-order valence-corrected chi connectivity index (χ0v) is 14.0. The summed E-state index contributed by atoms with van der Waals surface area (Å²) in [6.45, 7) is 1.38. The summed E-state index contributed by atoms with van der Waals surface area (Å²) in [5, 5.41) is 0. The summed E-state index contributed by atoms with van der Waals surface area (Å²) in [4.78, 5) is 14.3. The molecule has 1 heterocycles. The Kier molecular flexibility index (Phi) is 7.48. The second kappa shape index (κ2) is 8.86. The number of likely N-dealkylation sites (tertiary alicyclic amines) is 1. The van der Waals surface area contributed by atoms with Crippen molar-refractivity contribution < 1.29 is 14.3 Å². The van der Waals surface area contributed by atoms with E-state index < -0.39 is 0 Å². The van der Waals surface area contributed by atoms with E-state index in [1.54, 1.807) is 14.2 Å². The van der Waals surface area contributed by atoms with E-state index >= 15 is 0 Å². The number of methoxy groups -OCH3 is 2. The van der Waals surface area contributed by atoms with Crippen LogP contribution in [-0.4, -0.2) is 44.2 Å². The maximum Gasteiger partial charge on any atom is 0.223 e. The fourth-order valence-corrected chi connectivity index (χ4v) is 2.87. The number of amides is 1. The van der Waals surface area contributed by atoms with Gasteiger partial charge in [0.1, 0.15) is 11.5 Å². The molecule has 1 aromatic carbocycles. The highest BCUT2D eigenvalue weighted by Gasteiger charge is 2.27. The van der Waals surface area contributed by atoms with Crippen LogP contribution < -0.4 is 15.2 Å². The van der Waals surface area contributed by atoms with Crippen molar-refractivity contribution in [2.24, 2.45) is 5.73 Å². The van der Waals surface area contributed by atoms with Gasteiger partial charge in [0.2, 0.25) is 5.91 Å². The van der Waals surface area contributed by atoms with Crippen LogP contribution in [0.5, 0.6) is 11.5 Å². The van der Waals surface area contributed by atoms with Gasteiger partial charge in [-0.05, 0) is 43.0 Å². The standard InChI is InChI=1S/C16H24N2O3.ClH/c1-20-14-6-7-15(21-2)12(10-14)5-8-16(19)18-9-3-4-13(18)11-17;/h6-7,10,13H,3-5,8-9,11,17H2,1-2H3;1H. The van der Waals surface area contributed by atoms with Crippen molar-refractivity contribution in [2.45, 2.75) is 31.7 Å². The van der Waals surface area contributed by atoms with Gasteiger partial charge in [0, 0.05) is 25.6 Å². The predicted octanol–water partition coefficient (Wildman–Crippen LogP) is 2.01. The fraction of sp³-hybridized carbons (Fsp3) is 0.562. The molecule has 1 aromatic rings. The zero-order chi connectivity index (χ0) is 15.2. The summed E-state index contributed by atoms with van der Waals surface area (Å²) < 4.78 is 10.6. The fourth-order valence-electron chi connectivity index (χ4n) is 2.87. The van der Waals surface area contributed by atoms with E-state index in [1.165, 1.54) is 0 Å². The molecule has 1 aliphatic rings. The molecule has 1 amide bonds. The second-order valence-electron chi connectivity index (χ2n) is 5.30. The van der Waals surface area contributed by atoms with Gasteiger partial charge in [-0.1, -0.05) is 0 Å². The number of nitrogens with zero attached hydrogens (tertiary/aromatic N) is 1. The Hall–Kier alpha value is -1.46. The van der Waals surface area contributed by atoms with Gasteiger partial charge < -0.3 is 20.1 Å². The van der Waals surface area contributed by atoms with Crippen LogP contribution in [0.1, 0.15) is 24.8 Å². The Morgan fingerprint density at radius 3 is 2.77 bits per heavy atom. The van der Waals surface area contributed by atoms with Crippen LogP contribution in [0.25, 0.3) is 0 Å². The minimum atomic E-state index is 0. The first kappa shape index (κ1) is 18.6. The zero-order valence-electron chi connectivity index (χ0n) is 13.2. The van der Waals surface area contributed by atoms with E-state index in [1.807, 2.05) is 23.1 Å². The molecule has 1 atom stereocenters. The molecule has 1 aliphatic heterocycles. The molecule has 0 bridgehead atoms. The number of carbonyl (C=O) groups is 1. The number of aryl methyl sites for hydroxylation is 1. The molecule has 0 radical (unpaired) electrons. The maximum absolute atomic E-state index is 12.3. The molecule has 22 heavy (non-hydrogen) atoms. The van der Waals surface area contributed by atoms with Crippen LogP contribution in [0.4, 0.5) is 0 Å². The minimum Gasteiger partial charge on any atom is -0.497 e. The number of ether oxygens (including phenoxy) is 2.